The second-order valence-corrected chi connectivity index (χ2v) is 4.87. The number of aliphatic hydroxyl groups excluding tert-OH is 1. The number of hydrogen-bond acceptors (Lipinski definition) is 4. The Morgan fingerprint density at radius 3 is 2.47 bits per heavy atom. The number of aromatic nitrogens is 1. The van der Waals surface area contributed by atoms with Crippen molar-refractivity contribution in [1.82, 2.24) is 4.98 Å². The third-order valence-electron chi connectivity index (χ3n) is 2.37. The van der Waals surface area contributed by atoms with E-state index in [1.165, 1.54) is 6.20 Å². The molecule has 19 heavy (non-hydrogen) atoms. The smallest absolute Gasteiger partial charge is 0.383 e. The van der Waals surface area contributed by atoms with Gasteiger partial charge in [0.15, 0.2) is 5.13 Å². The Bertz CT molecular complexity index is 597. The quantitative estimate of drug-likeness (QED) is 0.837. The zero-order chi connectivity index (χ0) is 14.2. The van der Waals surface area contributed by atoms with Crippen LogP contribution in [-0.4, -0.2) is 10.1 Å². The average molecular weight is 292 g/mol. The molecule has 0 bridgehead atoms. The lowest BCUT2D eigenvalue weighted by Crippen LogP contribution is -2.08. The molecule has 2 rings (SSSR count). The molecule has 102 valence electrons. The third kappa shape index (κ3) is 3.02. The Morgan fingerprint density at radius 1 is 1.26 bits per heavy atom. The van der Waals surface area contributed by atoms with E-state index in [1.807, 2.05) is 0 Å². The van der Waals surface area contributed by atoms with E-state index < -0.39 is 23.7 Å². The first-order chi connectivity index (χ1) is 8.77. The Morgan fingerprint density at radius 2 is 1.95 bits per heavy atom. The number of rotatable bonds is 2. The molecule has 0 aliphatic heterocycles. The zero-order valence-electron chi connectivity index (χ0n) is 9.28. The molecular weight excluding hydrogens is 284 g/mol. The standard InChI is InChI=1S/C11H8F4N2OS/c12-7-2-5(1-6(3-7)11(13,14)15)9(18)8-4-17-10(16)19-8/h1-4,9,18H,(H2,16,17). The van der Waals surface area contributed by atoms with Crippen molar-refractivity contribution >= 4 is 16.5 Å². The molecule has 1 heterocycles. The Hall–Kier alpha value is -1.67. The molecule has 0 saturated carbocycles. The second kappa shape index (κ2) is 4.78. The molecule has 0 saturated heterocycles. The number of hydrogen-bond donors (Lipinski definition) is 2. The first-order valence-corrected chi connectivity index (χ1v) is 5.86. The van der Waals surface area contributed by atoms with E-state index in [1.54, 1.807) is 0 Å². The summed E-state index contributed by atoms with van der Waals surface area (Å²) in [6.07, 6.45) is -4.84. The van der Waals surface area contributed by atoms with Crippen molar-refractivity contribution in [1.29, 1.82) is 0 Å². The number of nitrogens with two attached hydrogens (primary N) is 1. The number of aliphatic hydroxyl groups is 1. The highest BCUT2D eigenvalue weighted by Gasteiger charge is 2.32. The van der Waals surface area contributed by atoms with Gasteiger partial charge in [0.2, 0.25) is 0 Å². The van der Waals surface area contributed by atoms with E-state index >= 15 is 0 Å². The molecule has 1 atom stereocenters. The molecule has 0 radical (unpaired) electrons. The van der Waals surface area contributed by atoms with Gasteiger partial charge in [0.25, 0.3) is 0 Å². The van der Waals surface area contributed by atoms with Gasteiger partial charge < -0.3 is 10.8 Å². The van der Waals surface area contributed by atoms with E-state index in [2.05, 4.69) is 4.98 Å². The van der Waals surface area contributed by atoms with Gasteiger partial charge in [-0.1, -0.05) is 11.3 Å². The van der Waals surface area contributed by atoms with Gasteiger partial charge in [0.1, 0.15) is 11.9 Å². The van der Waals surface area contributed by atoms with Crippen LogP contribution in [0, 0.1) is 5.82 Å². The number of benzene rings is 1. The molecule has 1 aromatic carbocycles. The summed E-state index contributed by atoms with van der Waals surface area (Å²) in [6.45, 7) is 0. The van der Waals surface area contributed by atoms with E-state index in [0.29, 0.717) is 12.1 Å². The fourth-order valence-corrected chi connectivity index (χ4v) is 2.23. The summed E-state index contributed by atoms with van der Waals surface area (Å²) in [7, 11) is 0. The number of alkyl halides is 3. The summed E-state index contributed by atoms with van der Waals surface area (Å²) in [4.78, 5) is 3.92. The van der Waals surface area contributed by atoms with E-state index in [9.17, 15) is 22.7 Å². The molecule has 0 aliphatic carbocycles. The topological polar surface area (TPSA) is 59.1 Å². The number of nitrogen functional groups attached to an aromatic ring is 1. The van der Waals surface area contributed by atoms with Crippen molar-refractivity contribution in [2.75, 3.05) is 5.73 Å². The Balaban J connectivity index is 2.42. The van der Waals surface area contributed by atoms with Gasteiger partial charge in [0.05, 0.1) is 10.4 Å². The van der Waals surface area contributed by atoms with Crippen LogP contribution in [0.2, 0.25) is 0 Å². The normalized spacial score (nSPS) is 13.5. The number of anilines is 1. The van der Waals surface area contributed by atoms with Crippen molar-refractivity contribution in [3.63, 3.8) is 0 Å². The monoisotopic (exact) mass is 292 g/mol. The Kier molecular flexibility index (Phi) is 3.46. The highest BCUT2D eigenvalue weighted by molar-refractivity contribution is 7.15. The summed E-state index contributed by atoms with van der Waals surface area (Å²) in [5.41, 5.74) is 4.01. The minimum absolute atomic E-state index is 0.168. The molecular formula is C11H8F4N2OS. The fourth-order valence-electron chi connectivity index (χ4n) is 1.53. The van der Waals surface area contributed by atoms with Gasteiger partial charge in [-0.2, -0.15) is 13.2 Å². The predicted octanol–water partition coefficient (Wildman–Crippen LogP) is 2.96. The molecule has 3 nitrogen and oxygen atoms in total. The fraction of sp³-hybridized carbons (Fsp3) is 0.182. The molecule has 0 fully saturated rings. The second-order valence-electron chi connectivity index (χ2n) is 3.77. The van der Waals surface area contributed by atoms with Crippen LogP contribution < -0.4 is 5.73 Å². The largest absolute Gasteiger partial charge is 0.416 e. The van der Waals surface area contributed by atoms with Crippen LogP contribution in [0.1, 0.15) is 22.1 Å². The highest BCUT2D eigenvalue weighted by atomic mass is 32.1. The Labute approximate surface area is 109 Å². The maximum Gasteiger partial charge on any atom is 0.416 e. The van der Waals surface area contributed by atoms with Gasteiger partial charge in [-0.3, -0.25) is 0 Å². The molecule has 0 aliphatic rings. The SMILES string of the molecule is Nc1ncc(C(O)c2cc(F)cc(C(F)(F)F)c2)s1. The first-order valence-electron chi connectivity index (χ1n) is 5.04. The molecule has 0 spiro atoms. The van der Waals surface area contributed by atoms with Crippen molar-refractivity contribution in [2.45, 2.75) is 12.3 Å². The minimum atomic E-state index is -4.68. The maximum atomic E-state index is 13.2. The van der Waals surface area contributed by atoms with Crippen LogP contribution in [0.15, 0.2) is 24.4 Å². The molecule has 8 heteroatoms. The zero-order valence-corrected chi connectivity index (χ0v) is 10.1. The van der Waals surface area contributed by atoms with Crippen LogP contribution in [0.5, 0.6) is 0 Å². The predicted molar refractivity (Wildman–Crippen MR) is 62.0 cm³/mol. The van der Waals surface area contributed by atoms with E-state index in [0.717, 1.165) is 17.4 Å². The minimum Gasteiger partial charge on any atom is -0.383 e. The van der Waals surface area contributed by atoms with Crippen molar-refractivity contribution < 1.29 is 22.7 Å². The van der Waals surface area contributed by atoms with E-state index in [-0.39, 0.29) is 15.6 Å². The van der Waals surface area contributed by atoms with Crippen LogP contribution in [0.4, 0.5) is 22.7 Å². The van der Waals surface area contributed by atoms with Crippen LogP contribution in [0.25, 0.3) is 0 Å². The highest BCUT2D eigenvalue weighted by Crippen LogP contribution is 2.34. The van der Waals surface area contributed by atoms with E-state index in [4.69, 9.17) is 5.73 Å². The summed E-state index contributed by atoms with van der Waals surface area (Å²) >= 11 is 0.923. The summed E-state index contributed by atoms with van der Waals surface area (Å²) in [5.74, 6) is -1.07. The van der Waals surface area contributed by atoms with Crippen molar-refractivity contribution in [2.24, 2.45) is 0 Å². The maximum absolute atomic E-state index is 13.2. The summed E-state index contributed by atoms with van der Waals surface area (Å²) < 4.78 is 50.8. The molecule has 2 aromatic rings. The van der Waals surface area contributed by atoms with Crippen LogP contribution in [-0.2, 0) is 6.18 Å². The van der Waals surface area contributed by atoms with Gasteiger partial charge in [0, 0.05) is 6.20 Å². The summed E-state index contributed by atoms with van der Waals surface area (Å²) in [6, 6.07) is 1.91. The lowest BCUT2D eigenvalue weighted by atomic mass is 10.0. The molecule has 1 aromatic heterocycles. The lowest BCUT2D eigenvalue weighted by Gasteiger charge is -2.12. The number of nitrogens with zero attached hydrogens (tertiary/aromatic N) is 1. The van der Waals surface area contributed by atoms with Gasteiger partial charge in [-0.25, -0.2) is 9.37 Å². The third-order valence-corrected chi connectivity index (χ3v) is 3.25. The van der Waals surface area contributed by atoms with Crippen LogP contribution >= 0.6 is 11.3 Å². The molecule has 3 N–H and O–H groups in total. The van der Waals surface area contributed by atoms with Crippen molar-refractivity contribution in [3.05, 3.63) is 46.2 Å². The number of halogens is 4. The first kappa shape index (κ1) is 13.8. The average Bonchev–Trinajstić information content (AvgIpc) is 2.73. The molecule has 0 amide bonds. The lowest BCUT2D eigenvalue weighted by molar-refractivity contribution is -0.137. The van der Waals surface area contributed by atoms with Gasteiger partial charge >= 0.3 is 6.18 Å². The molecule has 1 unspecified atom stereocenters. The van der Waals surface area contributed by atoms with Gasteiger partial charge in [-0.05, 0) is 23.8 Å². The van der Waals surface area contributed by atoms with Crippen LogP contribution in [0.3, 0.4) is 0 Å². The van der Waals surface area contributed by atoms with Gasteiger partial charge in [-0.15, -0.1) is 0 Å². The number of thiazole rings is 1. The van der Waals surface area contributed by atoms with Crippen molar-refractivity contribution in [3.8, 4) is 0 Å². The summed E-state index contributed by atoms with van der Waals surface area (Å²) in [5, 5.41) is 10.1.